The molecule has 2 aliphatic heterocycles. The summed E-state index contributed by atoms with van der Waals surface area (Å²) < 4.78 is 11.5. The molecule has 0 bridgehead atoms. The van der Waals surface area contributed by atoms with Gasteiger partial charge in [0.2, 0.25) is 5.91 Å². The summed E-state index contributed by atoms with van der Waals surface area (Å²) in [5.74, 6) is 1.39. The summed E-state index contributed by atoms with van der Waals surface area (Å²) in [4.78, 5) is 18.2. The molecular formula is C19H32N4O3. The standard InChI is InChI=1S/C19H32N4O3/c1-23(2)15(24)12-20-18(21-13-4-9-25-10-5-13)22-16-14-6-11-26-17(14)19(16)7-3-8-19/h13-14,16-17H,3-12H2,1-2H3,(H2,20,21,22). The number of nitrogens with zero attached hydrogens (tertiary/aromatic N) is 2. The monoisotopic (exact) mass is 364 g/mol. The van der Waals surface area contributed by atoms with E-state index in [9.17, 15) is 4.79 Å². The van der Waals surface area contributed by atoms with Crippen LogP contribution in [0, 0.1) is 11.3 Å². The van der Waals surface area contributed by atoms with Gasteiger partial charge in [0.1, 0.15) is 6.54 Å². The van der Waals surface area contributed by atoms with Crippen molar-refractivity contribution in [1.29, 1.82) is 0 Å². The number of carbonyl (C=O) groups is 1. The molecule has 7 nitrogen and oxygen atoms in total. The summed E-state index contributed by atoms with van der Waals surface area (Å²) in [6, 6.07) is 0.779. The van der Waals surface area contributed by atoms with E-state index >= 15 is 0 Å². The van der Waals surface area contributed by atoms with Crippen LogP contribution in [-0.2, 0) is 14.3 Å². The van der Waals surface area contributed by atoms with Crippen molar-refractivity contribution in [1.82, 2.24) is 15.5 Å². The van der Waals surface area contributed by atoms with Gasteiger partial charge in [-0.3, -0.25) is 4.79 Å². The van der Waals surface area contributed by atoms with Crippen LogP contribution < -0.4 is 10.6 Å². The number of ether oxygens (including phenoxy) is 2. The van der Waals surface area contributed by atoms with Crippen LogP contribution in [0.15, 0.2) is 4.99 Å². The predicted molar refractivity (Wildman–Crippen MR) is 99.0 cm³/mol. The lowest BCUT2D eigenvalue weighted by molar-refractivity contribution is -0.171. The molecule has 1 spiro atoms. The molecule has 4 rings (SSSR count). The summed E-state index contributed by atoms with van der Waals surface area (Å²) in [5, 5.41) is 7.27. The van der Waals surface area contributed by atoms with E-state index in [4.69, 9.17) is 9.47 Å². The average molecular weight is 364 g/mol. The van der Waals surface area contributed by atoms with E-state index in [1.807, 2.05) is 0 Å². The number of likely N-dealkylation sites (N-methyl/N-ethyl adjacent to an activating group) is 1. The third-order valence-electron chi connectivity index (χ3n) is 6.76. The van der Waals surface area contributed by atoms with Gasteiger partial charge in [0.25, 0.3) is 0 Å². The quantitative estimate of drug-likeness (QED) is 0.569. The Morgan fingerprint density at radius 1 is 1.15 bits per heavy atom. The van der Waals surface area contributed by atoms with E-state index in [2.05, 4.69) is 15.6 Å². The number of fused-ring (bicyclic) bond motifs is 2. The highest BCUT2D eigenvalue weighted by atomic mass is 16.5. The molecule has 1 amide bonds. The third-order valence-corrected chi connectivity index (χ3v) is 6.76. The minimum atomic E-state index is 0.0205. The van der Waals surface area contributed by atoms with Gasteiger partial charge in [0, 0.05) is 57.3 Å². The summed E-state index contributed by atoms with van der Waals surface area (Å²) >= 11 is 0. The van der Waals surface area contributed by atoms with Crippen LogP contribution in [0.4, 0.5) is 0 Å². The summed E-state index contributed by atoms with van der Waals surface area (Å²) in [6.45, 7) is 2.63. The Morgan fingerprint density at radius 3 is 2.58 bits per heavy atom. The fraction of sp³-hybridized carbons (Fsp3) is 0.895. The molecule has 0 aromatic heterocycles. The van der Waals surface area contributed by atoms with Crippen LogP contribution in [0.25, 0.3) is 0 Å². The van der Waals surface area contributed by atoms with Crippen molar-refractivity contribution in [2.24, 2.45) is 16.3 Å². The fourth-order valence-electron chi connectivity index (χ4n) is 5.06. The van der Waals surface area contributed by atoms with Gasteiger partial charge < -0.3 is 25.0 Å². The summed E-state index contributed by atoms with van der Waals surface area (Å²) in [5.41, 5.74) is 0.296. The lowest BCUT2D eigenvalue weighted by Crippen LogP contribution is -2.72. The molecule has 0 radical (unpaired) electrons. The SMILES string of the molecule is CN(C)C(=O)CN=C(NC1CCOCC1)NC1C2CCOC2C12CCC2. The van der Waals surface area contributed by atoms with Gasteiger partial charge in [0.15, 0.2) is 5.96 Å². The molecule has 4 fully saturated rings. The maximum Gasteiger partial charge on any atom is 0.243 e. The molecule has 2 saturated carbocycles. The first-order valence-corrected chi connectivity index (χ1v) is 10.1. The number of rotatable bonds is 4. The molecule has 0 aromatic carbocycles. The minimum Gasteiger partial charge on any atom is -0.381 e. The molecule has 0 aromatic rings. The lowest BCUT2D eigenvalue weighted by Gasteiger charge is -2.63. The number of hydrogen-bond donors (Lipinski definition) is 2. The van der Waals surface area contributed by atoms with E-state index in [-0.39, 0.29) is 12.5 Å². The van der Waals surface area contributed by atoms with Gasteiger partial charge >= 0.3 is 0 Å². The Bertz CT molecular complexity index is 555. The molecule has 146 valence electrons. The molecule has 4 aliphatic rings. The van der Waals surface area contributed by atoms with Gasteiger partial charge in [0.05, 0.1) is 6.10 Å². The molecule has 3 atom stereocenters. The molecule has 26 heavy (non-hydrogen) atoms. The zero-order valence-electron chi connectivity index (χ0n) is 16.0. The Labute approximate surface area is 155 Å². The van der Waals surface area contributed by atoms with Crippen LogP contribution in [-0.4, -0.2) is 75.4 Å². The van der Waals surface area contributed by atoms with Gasteiger partial charge in [-0.15, -0.1) is 0 Å². The molecular weight excluding hydrogens is 332 g/mol. The van der Waals surface area contributed by atoms with Crippen LogP contribution >= 0.6 is 0 Å². The number of amides is 1. The molecule has 7 heteroatoms. The van der Waals surface area contributed by atoms with Gasteiger partial charge in [-0.05, 0) is 32.1 Å². The highest BCUT2D eigenvalue weighted by Crippen LogP contribution is 2.62. The van der Waals surface area contributed by atoms with Crippen molar-refractivity contribution in [3.8, 4) is 0 Å². The Hall–Kier alpha value is -1.34. The second-order valence-electron chi connectivity index (χ2n) is 8.44. The Morgan fingerprint density at radius 2 is 1.92 bits per heavy atom. The zero-order chi connectivity index (χ0) is 18.1. The van der Waals surface area contributed by atoms with E-state index < -0.39 is 0 Å². The predicted octanol–water partition coefficient (Wildman–Crippen LogP) is 0.746. The summed E-state index contributed by atoms with van der Waals surface area (Å²) in [6.07, 6.45) is 7.30. The molecule has 3 unspecified atom stereocenters. The van der Waals surface area contributed by atoms with E-state index in [0.29, 0.717) is 29.5 Å². The first-order chi connectivity index (χ1) is 12.6. The fourth-order valence-corrected chi connectivity index (χ4v) is 5.06. The second kappa shape index (κ2) is 7.35. The van der Waals surface area contributed by atoms with Gasteiger partial charge in [-0.25, -0.2) is 4.99 Å². The maximum atomic E-state index is 12.0. The van der Waals surface area contributed by atoms with E-state index in [1.54, 1.807) is 19.0 Å². The Balaban J connectivity index is 1.45. The van der Waals surface area contributed by atoms with Crippen molar-refractivity contribution in [2.45, 2.75) is 56.7 Å². The molecule has 2 aliphatic carbocycles. The van der Waals surface area contributed by atoms with Gasteiger partial charge in [-0.1, -0.05) is 6.42 Å². The van der Waals surface area contributed by atoms with Crippen molar-refractivity contribution in [3.63, 3.8) is 0 Å². The van der Waals surface area contributed by atoms with Crippen molar-refractivity contribution >= 4 is 11.9 Å². The van der Waals surface area contributed by atoms with Crippen LogP contribution in [0.5, 0.6) is 0 Å². The van der Waals surface area contributed by atoms with Crippen LogP contribution in [0.1, 0.15) is 38.5 Å². The minimum absolute atomic E-state index is 0.0205. The number of guanidine groups is 1. The Kier molecular flexibility index (Phi) is 5.10. The maximum absolute atomic E-state index is 12.0. The molecule has 2 N–H and O–H groups in total. The zero-order valence-corrected chi connectivity index (χ0v) is 16.0. The third kappa shape index (κ3) is 3.20. The highest BCUT2D eigenvalue weighted by Gasteiger charge is 2.66. The van der Waals surface area contributed by atoms with E-state index in [1.165, 1.54) is 19.3 Å². The van der Waals surface area contributed by atoms with Crippen molar-refractivity contribution in [2.75, 3.05) is 40.5 Å². The molecule has 2 heterocycles. The normalized spacial score (nSPS) is 33.2. The molecule has 2 saturated heterocycles. The number of carbonyl (C=O) groups excluding carboxylic acids is 1. The lowest BCUT2D eigenvalue weighted by atomic mass is 9.46. The van der Waals surface area contributed by atoms with Crippen LogP contribution in [0.2, 0.25) is 0 Å². The number of nitrogens with one attached hydrogen (secondary N) is 2. The first kappa shape index (κ1) is 18.0. The first-order valence-electron chi connectivity index (χ1n) is 10.1. The summed E-state index contributed by atoms with van der Waals surface area (Å²) in [7, 11) is 3.54. The van der Waals surface area contributed by atoms with Gasteiger partial charge in [-0.2, -0.15) is 0 Å². The van der Waals surface area contributed by atoms with Crippen molar-refractivity contribution in [3.05, 3.63) is 0 Å². The van der Waals surface area contributed by atoms with Crippen LogP contribution in [0.3, 0.4) is 0 Å². The average Bonchev–Trinajstić information content (AvgIpc) is 3.01. The highest BCUT2D eigenvalue weighted by molar-refractivity contribution is 5.85. The second-order valence-corrected chi connectivity index (χ2v) is 8.44. The topological polar surface area (TPSA) is 75.2 Å². The number of aliphatic imine (C=N–C) groups is 1. The van der Waals surface area contributed by atoms with Crippen molar-refractivity contribution < 1.29 is 14.3 Å². The smallest absolute Gasteiger partial charge is 0.243 e. The van der Waals surface area contributed by atoms with E-state index in [0.717, 1.165) is 45.0 Å². The number of hydrogen-bond acceptors (Lipinski definition) is 4. The largest absolute Gasteiger partial charge is 0.381 e.